The molecule has 35 heavy (non-hydrogen) atoms. The molecular weight excluding hydrogens is 475 g/mol. The summed E-state index contributed by atoms with van der Waals surface area (Å²) in [4.78, 5) is 10.3. The van der Waals surface area contributed by atoms with Gasteiger partial charge >= 0.3 is 0 Å². The van der Waals surface area contributed by atoms with E-state index in [2.05, 4.69) is 25.5 Å². The predicted octanol–water partition coefficient (Wildman–Crippen LogP) is 2.77. The average Bonchev–Trinajstić information content (AvgIpc) is 2.83. The van der Waals surface area contributed by atoms with E-state index in [9.17, 15) is 12.8 Å². The first-order chi connectivity index (χ1) is 16.8. The van der Waals surface area contributed by atoms with Gasteiger partial charge in [0.1, 0.15) is 12.4 Å². The number of benzene rings is 2. The van der Waals surface area contributed by atoms with Gasteiger partial charge in [-0.3, -0.25) is 4.90 Å². The number of nitrogens with two attached hydrogens (primary N) is 1. The molecule has 0 atom stereocenters. The lowest BCUT2D eigenvalue weighted by Gasteiger charge is -2.26. The van der Waals surface area contributed by atoms with E-state index >= 15 is 0 Å². The van der Waals surface area contributed by atoms with E-state index in [4.69, 9.17) is 14.6 Å². The summed E-state index contributed by atoms with van der Waals surface area (Å²) < 4.78 is 48.9. The molecule has 0 radical (unpaired) electrons. The SMILES string of the molecule is Cc1ccc(Nc2nc(Nc3cccc(S(N)(=O)=O)c3)ncc2F)cc1OCCN1CCOCC1. The maximum Gasteiger partial charge on any atom is 0.238 e. The fourth-order valence-corrected chi connectivity index (χ4v) is 4.03. The number of rotatable bonds is 9. The van der Waals surface area contributed by atoms with Crippen molar-refractivity contribution in [3.63, 3.8) is 0 Å². The molecule has 12 heteroatoms. The Morgan fingerprint density at radius 2 is 1.91 bits per heavy atom. The Morgan fingerprint density at radius 1 is 1.14 bits per heavy atom. The van der Waals surface area contributed by atoms with Crippen molar-refractivity contribution in [1.29, 1.82) is 0 Å². The monoisotopic (exact) mass is 502 g/mol. The fourth-order valence-electron chi connectivity index (χ4n) is 3.47. The highest BCUT2D eigenvalue weighted by Gasteiger charge is 2.13. The summed E-state index contributed by atoms with van der Waals surface area (Å²) in [6, 6.07) is 11.3. The van der Waals surface area contributed by atoms with Gasteiger partial charge in [-0.1, -0.05) is 12.1 Å². The Balaban J connectivity index is 1.44. The summed E-state index contributed by atoms with van der Waals surface area (Å²) >= 11 is 0. The molecule has 0 saturated carbocycles. The van der Waals surface area contributed by atoms with Crippen molar-refractivity contribution in [2.75, 3.05) is 50.1 Å². The third-order valence-corrected chi connectivity index (χ3v) is 6.29. The third kappa shape index (κ3) is 6.85. The average molecular weight is 503 g/mol. The van der Waals surface area contributed by atoms with Crippen LogP contribution in [-0.4, -0.2) is 62.7 Å². The molecule has 1 aromatic heterocycles. The van der Waals surface area contributed by atoms with Crippen molar-refractivity contribution in [2.24, 2.45) is 5.14 Å². The predicted molar refractivity (Wildman–Crippen MR) is 130 cm³/mol. The first-order valence-corrected chi connectivity index (χ1v) is 12.6. The summed E-state index contributed by atoms with van der Waals surface area (Å²) in [6.07, 6.45) is 1.02. The van der Waals surface area contributed by atoms with E-state index in [1.807, 2.05) is 13.0 Å². The number of nitrogens with zero attached hydrogens (tertiary/aromatic N) is 3. The Bertz CT molecular complexity index is 1280. The molecule has 1 saturated heterocycles. The molecule has 2 aromatic carbocycles. The molecule has 0 aliphatic carbocycles. The topological polar surface area (TPSA) is 132 Å². The quantitative estimate of drug-likeness (QED) is 0.404. The highest BCUT2D eigenvalue weighted by atomic mass is 32.2. The summed E-state index contributed by atoms with van der Waals surface area (Å²) in [7, 11) is -3.87. The summed E-state index contributed by atoms with van der Waals surface area (Å²) in [5.74, 6) is 0.0721. The van der Waals surface area contributed by atoms with Crippen LogP contribution in [0.5, 0.6) is 5.75 Å². The van der Waals surface area contributed by atoms with E-state index in [0.717, 1.165) is 44.6 Å². The van der Waals surface area contributed by atoms with Gasteiger partial charge in [-0.2, -0.15) is 4.98 Å². The fraction of sp³-hybridized carbons (Fsp3) is 0.304. The third-order valence-electron chi connectivity index (χ3n) is 5.38. The van der Waals surface area contributed by atoms with E-state index in [1.54, 1.807) is 18.2 Å². The molecule has 4 rings (SSSR count). The van der Waals surface area contributed by atoms with Gasteiger partial charge in [0.2, 0.25) is 16.0 Å². The van der Waals surface area contributed by atoms with Gasteiger partial charge in [0.15, 0.2) is 11.6 Å². The molecule has 0 unspecified atom stereocenters. The van der Waals surface area contributed by atoms with Crippen LogP contribution in [0, 0.1) is 12.7 Å². The maximum atomic E-state index is 14.4. The van der Waals surface area contributed by atoms with E-state index in [0.29, 0.717) is 23.7 Å². The first-order valence-electron chi connectivity index (χ1n) is 11.0. The van der Waals surface area contributed by atoms with E-state index in [-0.39, 0.29) is 16.7 Å². The summed E-state index contributed by atoms with van der Waals surface area (Å²) in [5.41, 5.74) is 1.94. The molecule has 4 N–H and O–H groups in total. The first kappa shape index (κ1) is 24.8. The van der Waals surface area contributed by atoms with Crippen LogP contribution in [0.2, 0.25) is 0 Å². The molecule has 3 aromatic rings. The van der Waals surface area contributed by atoms with Gasteiger partial charge in [0.05, 0.1) is 24.3 Å². The van der Waals surface area contributed by atoms with Gasteiger partial charge in [0.25, 0.3) is 0 Å². The number of anilines is 4. The van der Waals surface area contributed by atoms with Crippen LogP contribution in [0.1, 0.15) is 5.56 Å². The van der Waals surface area contributed by atoms with Crippen molar-refractivity contribution in [1.82, 2.24) is 14.9 Å². The maximum absolute atomic E-state index is 14.4. The van der Waals surface area contributed by atoms with Crippen molar-refractivity contribution < 1.29 is 22.3 Å². The second-order valence-corrected chi connectivity index (χ2v) is 9.56. The van der Waals surface area contributed by atoms with Gasteiger partial charge < -0.3 is 20.1 Å². The number of morpholine rings is 1. The zero-order chi connectivity index (χ0) is 24.8. The minimum Gasteiger partial charge on any atom is -0.492 e. The van der Waals surface area contributed by atoms with E-state index in [1.165, 1.54) is 18.2 Å². The zero-order valence-corrected chi connectivity index (χ0v) is 20.0. The number of primary sulfonamides is 1. The van der Waals surface area contributed by atoms with Gasteiger partial charge in [-0.05, 0) is 36.8 Å². The van der Waals surface area contributed by atoms with Crippen LogP contribution in [0.3, 0.4) is 0 Å². The normalized spacial score (nSPS) is 14.5. The van der Waals surface area contributed by atoms with Gasteiger partial charge in [-0.15, -0.1) is 0 Å². The van der Waals surface area contributed by atoms with Crippen LogP contribution in [0.4, 0.5) is 27.5 Å². The standard InChI is InChI=1S/C23H27FN6O4S/c1-16-5-6-18(14-21(16)34-12-9-30-7-10-33-11-8-30)27-22-20(24)15-26-23(29-22)28-17-3-2-4-19(13-17)35(25,31)32/h2-6,13-15H,7-12H2,1H3,(H2,25,31,32)(H2,26,27,28,29). The highest BCUT2D eigenvalue weighted by molar-refractivity contribution is 7.89. The van der Waals surface area contributed by atoms with Crippen LogP contribution < -0.4 is 20.5 Å². The van der Waals surface area contributed by atoms with Crippen LogP contribution in [-0.2, 0) is 14.8 Å². The molecule has 10 nitrogen and oxygen atoms in total. The smallest absolute Gasteiger partial charge is 0.238 e. The number of hydrogen-bond donors (Lipinski definition) is 3. The molecule has 0 bridgehead atoms. The molecule has 186 valence electrons. The lowest BCUT2D eigenvalue weighted by Crippen LogP contribution is -2.38. The minimum atomic E-state index is -3.87. The van der Waals surface area contributed by atoms with Crippen molar-refractivity contribution in [3.05, 3.63) is 60.0 Å². The van der Waals surface area contributed by atoms with Gasteiger partial charge in [-0.25, -0.2) is 22.9 Å². The largest absolute Gasteiger partial charge is 0.492 e. The molecule has 1 fully saturated rings. The Hall–Kier alpha value is -3.32. The second kappa shape index (κ2) is 11.0. The van der Waals surface area contributed by atoms with Gasteiger partial charge in [0, 0.05) is 37.1 Å². The number of nitrogens with one attached hydrogen (secondary N) is 2. The van der Waals surface area contributed by atoms with Crippen molar-refractivity contribution >= 4 is 33.2 Å². The molecule has 2 heterocycles. The molecule has 1 aliphatic heterocycles. The number of aryl methyl sites for hydroxylation is 1. The minimum absolute atomic E-state index is 0.0479. The lowest BCUT2D eigenvalue weighted by atomic mass is 10.2. The number of ether oxygens (including phenoxy) is 2. The zero-order valence-electron chi connectivity index (χ0n) is 19.2. The Labute approximate surface area is 203 Å². The number of sulfonamides is 1. The Morgan fingerprint density at radius 3 is 2.69 bits per heavy atom. The molecule has 0 spiro atoms. The van der Waals surface area contributed by atoms with Crippen LogP contribution >= 0.6 is 0 Å². The van der Waals surface area contributed by atoms with E-state index < -0.39 is 15.8 Å². The second-order valence-electron chi connectivity index (χ2n) is 8.00. The summed E-state index contributed by atoms with van der Waals surface area (Å²) in [5, 5.41) is 11.0. The molecule has 1 aliphatic rings. The lowest BCUT2D eigenvalue weighted by molar-refractivity contribution is 0.0322. The Kier molecular flexibility index (Phi) is 7.76. The number of aromatic nitrogens is 2. The summed E-state index contributed by atoms with van der Waals surface area (Å²) in [6.45, 7) is 6.51. The van der Waals surface area contributed by atoms with Crippen molar-refractivity contribution in [3.8, 4) is 5.75 Å². The highest BCUT2D eigenvalue weighted by Crippen LogP contribution is 2.26. The van der Waals surface area contributed by atoms with Crippen LogP contribution in [0.15, 0.2) is 53.6 Å². The number of hydrogen-bond acceptors (Lipinski definition) is 9. The van der Waals surface area contributed by atoms with Crippen LogP contribution in [0.25, 0.3) is 0 Å². The van der Waals surface area contributed by atoms with Crippen molar-refractivity contribution in [2.45, 2.75) is 11.8 Å². The number of halogens is 1. The molecule has 0 amide bonds. The molecular formula is C23H27FN6O4S.